The summed E-state index contributed by atoms with van der Waals surface area (Å²) >= 11 is 0. The quantitative estimate of drug-likeness (QED) is 0.638. The Bertz CT molecular complexity index is 361. The van der Waals surface area contributed by atoms with Crippen molar-refractivity contribution in [2.45, 2.75) is 19.4 Å². The van der Waals surface area contributed by atoms with Gasteiger partial charge in [0.15, 0.2) is 0 Å². The molecule has 0 atom stereocenters. The highest BCUT2D eigenvalue weighted by atomic mass is 16.3. The van der Waals surface area contributed by atoms with Gasteiger partial charge < -0.3 is 10.8 Å². The van der Waals surface area contributed by atoms with E-state index in [0.29, 0.717) is 0 Å². The molecule has 0 aliphatic heterocycles. The fourth-order valence-electron chi connectivity index (χ4n) is 0.944. The average molecular weight is 178 g/mol. The first-order valence-electron chi connectivity index (χ1n) is 3.70. The van der Waals surface area contributed by atoms with E-state index >= 15 is 0 Å². The van der Waals surface area contributed by atoms with Gasteiger partial charge in [0.25, 0.3) is 0 Å². The zero-order valence-corrected chi connectivity index (χ0v) is 7.44. The summed E-state index contributed by atoms with van der Waals surface area (Å²) in [5, 5.41) is 18.3. The Labute approximate surface area is 75.9 Å². The van der Waals surface area contributed by atoms with E-state index in [1.54, 1.807) is 0 Å². The molecule has 0 saturated carbocycles. The maximum absolute atomic E-state index is 9.63. The predicted octanol–water partition coefficient (Wildman–Crippen LogP) is 0.158. The average Bonchev–Trinajstić information content (AvgIpc) is 2.03. The lowest BCUT2D eigenvalue weighted by atomic mass is 10.0. The Morgan fingerprint density at radius 1 is 1.62 bits per heavy atom. The van der Waals surface area contributed by atoms with Gasteiger partial charge in [-0.25, -0.2) is 9.97 Å². The highest BCUT2D eigenvalue weighted by molar-refractivity contribution is 5.37. The molecule has 0 radical (unpaired) electrons. The van der Waals surface area contributed by atoms with Crippen molar-refractivity contribution in [2.24, 2.45) is 0 Å². The van der Waals surface area contributed by atoms with E-state index < -0.39 is 5.60 Å². The second kappa shape index (κ2) is 2.99. The number of nitriles is 1. The minimum atomic E-state index is -1.18. The molecule has 0 aliphatic carbocycles. The lowest BCUT2D eigenvalue weighted by molar-refractivity contribution is 0.0735. The topological polar surface area (TPSA) is 95.8 Å². The molecular weight excluding hydrogens is 168 g/mol. The molecular formula is C8H10N4O. The smallest absolute Gasteiger partial charge is 0.220 e. The molecule has 5 nitrogen and oxygen atoms in total. The Kier molecular flexibility index (Phi) is 2.17. The largest absolute Gasteiger partial charge is 0.384 e. The van der Waals surface area contributed by atoms with E-state index in [4.69, 9.17) is 11.0 Å². The van der Waals surface area contributed by atoms with E-state index in [-0.39, 0.29) is 17.2 Å². The Balaban J connectivity index is 3.35. The number of nitrogen functional groups attached to an aromatic ring is 1. The zero-order chi connectivity index (χ0) is 10.1. The van der Waals surface area contributed by atoms with E-state index in [1.807, 2.05) is 6.07 Å². The Hall–Kier alpha value is -1.67. The van der Waals surface area contributed by atoms with Gasteiger partial charge in [-0.3, -0.25) is 0 Å². The zero-order valence-electron chi connectivity index (χ0n) is 7.44. The Morgan fingerprint density at radius 3 is 2.69 bits per heavy atom. The third-order valence-electron chi connectivity index (χ3n) is 1.51. The van der Waals surface area contributed by atoms with Crippen molar-refractivity contribution in [3.8, 4) is 6.07 Å². The first-order chi connectivity index (χ1) is 5.95. The monoisotopic (exact) mass is 178 g/mol. The standard InChI is InChI=1S/C8H10N4O/c1-8(2,13)6-5(3-9)4-11-7(10)12-6/h4,13H,1-2H3,(H2,10,11,12). The van der Waals surface area contributed by atoms with Crippen molar-refractivity contribution >= 4 is 5.95 Å². The molecule has 0 aliphatic rings. The van der Waals surface area contributed by atoms with Crippen LogP contribution in [-0.4, -0.2) is 15.1 Å². The lowest BCUT2D eigenvalue weighted by Crippen LogP contribution is -2.20. The molecule has 0 spiro atoms. The number of anilines is 1. The summed E-state index contributed by atoms with van der Waals surface area (Å²) in [5.41, 5.74) is 4.65. The van der Waals surface area contributed by atoms with Gasteiger partial charge in [0, 0.05) is 0 Å². The van der Waals surface area contributed by atoms with Gasteiger partial charge in [-0.05, 0) is 13.8 Å². The van der Waals surface area contributed by atoms with Crippen LogP contribution in [0.3, 0.4) is 0 Å². The minimum Gasteiger partial charge on any atom is -0.384 e. The molecule has 0 unspecified atom stereocenters. The van der Waals surface area contributed by atoms with Crippen molar-refractivity contribution in [1.82, 2.24) is 9.97 Å². The van der Waals surface area contributed by atoms with Gasteiger partial charge in [-0.1, -0.05) is 0 Å². The molecule has 1 rings (SSSR count). The Morgan fingerprint density at radius 2 is 2.23 bits per heavy atom. The predicted molar refractivity (Wildman–Crippen MR) is 46.4 cm³/mol. The van der Waals surface area contributed by atoms with Crippen LogP contribution in [0.25, 0.3) is 0 Å². The highest BCUT2D eigenvalue weighted by Crippen LogP contribution is 2.20. The molecule has 0 saturated heterocycles. The van der Waals surface area contributed by atoms with Gasteiger partial charge in [-0.2, -0.15) is 5.26 Å². The lowest BCUT2D eigenvalue weighted by Gasteiger charge is -2.17. The van der Waals surface area contributed by atoms with Crippen LogP contribution in [-0.2, 0) is 5.60 Å². The number of hydrogen-bond donors (Lipinski definition) is 2. The van der Waals surface area contributed by atoms with Crippen LogP contribution in [0.1, 0.15) is 25.1 Å². The SMILES string of the molecule is CC(C)(O)c1nc(N)ncc1C#N. The molecule has 0 bridgehead atoms. The molecule has 0 aromatic carbocycles. The van der Waals surface area contributed by atoms with Crippen LogP contribution < -0.4 is 5.73 Å². The van der Waals surface area contributed by atoms with Crippen LogP contribution in [0.5, 0.6) is 0 Å². The number of aliphatic hydroxyl groups is 1. The number of nitrogens with zero attached hydrogens (tertiary/aromatic N) is 3. The number of nitrogens with two attached hydrogens (primary N) is 1. The summed E-state index contributed by atoms with van der Waals surface area (Å²) in [6.07, 6.45) is 1.30. The molecule has 13 heavy (non-hydrogen) atoms. The summed E-state index contributed by atoms with van der Waals surface area (Å²) in [6, 6.07) is 1.89. The van der Waals surface area contributed by atoms with Crippen molar-refractivity contribution in [3.05, 3.63) is 17.5 Å². The maximum Gasteiger partial charge on any atom is 0.220 e. The van der Waals surface area contributed by atoms with Gasteiger partial charge in [0.1, 0.15) is 11.7 Å². The third-order valence-corrected chi connectivity index (χ3v) is 1.51. The second-order valence-electron chi connectivity index (χ2n) is 3.16. The number of aromatic nitrogens is 2. The molecule has 3 N–H and O–H groups in total. The van der Waals surface area contributed by atoms with E-state index in [2.05, 4.69) is 9.97 Å². The summed E-state index contributed by atoms with van der Waals surface area (Å²) in [7, 11) is 0. The highest BCUT2D eigenvalue weighted by Gasteiger charge is 2.22. The number of hydrogen-bond acceptors (Lipinski definition) is 5. The molecule has 1 heterocycles. The van der Waals surface area contributed by atoms with Crippen LogP contribution in [0.4, 0.5) is 5.95 Å². The summed E-state index contributed by atoms with van der Waals surface area (Å²) in [6.45, 7) is 3.07. The van der Waals surface area contributed by atoms with Crippen molar-refractivity contribution in [1.29, 1.82) is 5.26 Å². The van der Waals surface area contributed by atoms with Crippen LogP contribution in [0.15, 0.2) is 6.20 Å². The van der Waals surface area contributed by atoms with E-state index in [9.17, 15) is 5.11 Å². The summed E-state index contributed by atoms with van der Waals surface area (Å²) in [4.78, 5) is 7.47. The number of rotatable bonds is 1. The van der Waals surface area contributed by atoms with Crippen LogP contribution in [0.2, 0.25) is 0 Å². The van der Waals surface area contributed by atoms with Crippen molar-refractivity contribution < 1.29 is 5.11 Å². The molecule has 0 fully saturated rings. The first kappa shape index (κ1) is 9.42. The van der Waals surface area contributed by atoms with Crippen molar-refractivity contribution in [3.63, 3.8) is 0 Å². The van der Waals surface area contributed by atoms with Crippen LogP contribution >= 0.6 is 0 Å². The van der Waals surface area contributed by atoms with Gasteiger partial charge in [0.2, 0.25) is 5.95 Å². The van der Waals surface area contributed by atoms with E-state index in [1.165, 1.54) is 20.0 Å². The first-order valence-corrected chi connectivity index (χ1v) is 3.70. The second-order valence-corrected chi connectivity index (χ2v) is 3.16. The maximum atomic E-state index is 9.63. The molecule has 1 aromatic rings. The molecule has 0 amide bonds. The van der Waals surface area contributed by atoms with Crippen molar-refractivity contribution in [2.75, 3.05) is 5.73 Å². The molecule has 1 aromatic heterocycles. The minimum absolute atomic E-state index is 0.0520. The normalized spacial score (nSPS) is 10.9. The van der Waals surface area contributed by atoms with Gasteiger partial charge in [0.05, 0.1) is 17.5 Å². The summed E-state index contributed by atoms with van der Waals surface area (Å²) in [5.74, 6) is 0.0520. The fourth-order valence-corrected chi connectivity index (χ4v) is 0.944. The van der Waals surface area contributed by atoms with E-state index in [0.717, 1.165) is 0 Å². The third kappa shape index (κ3) is 1.92. The van der Waals surface area contributed by atoms with Gasteiger partial charge >= 0.3 is 0 Å². The van der Waals surface area contributed by atoms with Gasteiger partial charge in [-0.15, -0.1) is 0 Å². The molecule has 68 valence electrons. The molecule has 5 heteroatoms. The fraction of sp³-hybridized carbons (Fsp3) is 0.375. The summed E-state index contributed by atoms with van der Waals surface area (Å²) < 4.78 is 0. The van der Waals surface area contributed by atoms with Crippen LogP contribution in [0, 0.1) is 11.3 Å².